The van der Waals surface area contributed by atoms with Gasteiger partial charge in [0.15, 0.2) is 0 Å². The Hall–Kier alpha value is -1.07. The molecule has 1 N–H and O–H groups in total. The highest BCUT2D eigenvalue weighted by atomic mass is 79.9. The highest BCUT2D eigenvalue weighted by molar-refractivity contribution is 9.10. The lowest BCUT2D eigenvalue weighted by atomic mass is 9.92. The zero-order chi connectivity index (χ0) is 15.1. The lowest BCUT2D eigenvalue weighted by Crippen LogP contribution is -2.16. The van der Waals surface area contributed by atoms with Crippen molar-refractivity contribution in [2.24, 2.45) is 0 Å². The highest BCUT2D eigenvalue weighted by Gasteiger charge is 2.20. The van der Waals surface area contributed by atoms with Crippen molar-refractivity contribution in [3.05, 3.63) is 38.3 Å². The topological polar surface area (TPSA) is 41.6 Å². The fourth-order valence-electron chi connectivity index (χ4n) is 2.08. The van der Waals surface area contributed by atoms with E-state index in [1.54, 1.807) is 0 Å². The number of rotatable bonds is 1. The summed E-state index contributed by atoms with van der Waals surface area (Å²) in [6.45, 7) is 10.4. The van der Waals surface area contributed by atoms with Crippen LogP contribution in [0.4, 0.5) is 0 Å². The SMILES string of the molecule is Cc1cc(-c2nc(=S)c(Br)c(C(C)(C)C)[nH]2)cc(C)n1. The molecule has 0 aromatic carbocycles. The number of aryl methyl sites for hydroxylation is 2. The third-order valence-electron chi connectivity index (χ3n) is 2.97. The maximum atomic E-state index is 5.37. The van der Waals surface area contributed by atoms with Gasteiger partial charge in [-0.2, -0.15) is 0 Å². The second-order valence-corrected chi connectivity index (χ2v) is 7.15. The minimum absolute atomic E-state index is 0.0405. The largest absolute Gasteiger partial charge is 0.342 e. The average Bonchev–Trinajstić information content (AvgIpc) is 2.29. The number of nitrogens with one attached hydrogen (secondary N) is 1. The van der Waals surface area contributed by atoms with E-state index < -0.39 is 0 Å². The number of H-pyrrole nitrogens is 1. The minimum Gasteiger partial charge on any atom is -0.342 e. The summed E-state index contributed by atoms with van der Waals surface area (Å²) in [5.74, 6) is 0.789. The molecule has 0 amide bonds. The Morgan fingerprint density at radius 3 is 2.15 bits per heavy atom. The van der Waals surface area contributed by atoms with E-state index in [2.05, 4.69) is 51.7 Å². The Morgan fingerprint density at radius 2 is 1.65 bits per heavy atom. The van der Waals surface area contributed by atoms with Crippen LogP contribution in [0.2, 0.25) is 0 Å². The molecule has 0 aliphatic rings. The summed E-state index contributed by atoms with van der Waals surface area (Å²) in [6.07, 6.45) is 0. The van der Waals surface area contributed by atoms with Gasteiger partial charge in [-0.15, -0.1) is 0 Å². The zero-order valence-corrected chi connectivity index (χ0v) is 14.7. The van der Waals surface area contributed by atoms with Gasteiger partial charge in [0, 0.05) is 28.1 Å². The standard InChI is InChI=1S/C15H18BrN3S/c1-8-6-10(7-9(2)17-8)13-18-12(15(3,4)5)11(16)14(20)19-13/h6-7H,1-5H3,(H,18,19,20). The minimum atomic E-state index is -0.0405. The Bertz CT molecular complexity index is 694. The summed E-state index contributed by atoms with van der Waals surface area (Å²) in [5, 5.41) is 0. The Morgan fingerprint density at radius 1 is 1.10 bits per heavy atom. The van der Waals surface area contributed by atoms with Crippen molar-refractivity contribution in [3.8, 4) is 11.4 Å². The molecule has 0 bridgehead atoms. The van der Waals surface area contributed by atoms with Crippen molar-refractivity contribution >= 4 is 28.1 Å². The molecule has 0 unspecified atom stereocenters. The van der Waals surface area contributed by atoms with Crippen molar-refractivity contribution in [2.45, 2.75) is 40.0 Å². The molecule has 5 heteroatoms. The molecule has 2 aromatic rings. The fraction of sp³-hybridized carbons (Fsp3) is 0.400. The Balaban J connectivity index is 2.70. The van der Waals surface area contributed by atoms with Crippen molar-refractivity contribution in [2.75, 3.05) is 0 Å². The van der Waals surface area contributed by atoms with Crippen LogP contribution >= 0.6 is 28.1 Å². The summed E-state index contributed by atoms with van der Waals surface area (Å²) < 4.78 is 1.45. The van der Waals surface area contributed by atoms with Gasteiger partial charge in [-0.1, -0.05) is 33.0 Å². The van der Waals surface area contributed by atoms with Crippen LogP contribution in [-0.4, -0.2) is 15.0 Å². The Kier molecular flexibility index (Phi) is 4.12. The molecule has 0 atom stereocenters. The first-order valence-electron chi connectivity index (χ1n) is 6.44. The third kappa shape index (κ3) is 3.15. The van der Waals surface area contributed by atoms with Crippen LogP contribution in [-0.2, 0) is 5.41 Å². The van der Waals surface area contributed by atoms with E-state index in [4.69, 9.17) is 12.2 Å². The summed E-state index contributed by atoms with van der Waals surface area (Å²) in [4.78, 5) is 12.3. The van der Waals surface area contributed by atoms with E-state index in [9.17, 15) is 0 Å². The van der Waals surface area contributed by atoms with E-state index in [1.165, 1.54) is 0 Å². The van der Waals surface area contributed by atoms with Gasteiger partial charge in [0.1, 0.15) is 10.5 Å². The van der Waals surface area contributed by atoms with Crippen LogP contribution in [0.15, 0.2) is 16.6 Å². The lowest BCUT2D eigenvalue weighted by Gasteiger charge is -2.21. The van der Waals surface area contributed by atoms with Gasteiger partial charge in [0.25, 0.3) is 0 Å². The van der Waals surface area contributed by atoms with Crippen LogP contribution < -0.4 is 0 Å². The highest BCUT2D eigenvalue weighted by Crippen LogP contribution is 2.30. The monoisotopic (exact) mass is 351 g/mol. The summed E-state index contributed by atoms with van der Waals surface area (Å²) >= 11 is 8.91. The third-order valence-corrected chi connectivity index (χ3v) is 4.30. The van der Waals surface area contributed by atoms with Crippen LogP contribution in [0.1, 0.15) is 37.9 Å². The quantitative estimate of drug-likeness (QED) is 0.744. The second kappa shape index (κ2) is 5.37. The molecule has 106 valence electrons. The lowest BCUT2D eigenvalue weighted by molar-refractivity contribution is 0.563. The number of hydrogen-bond donors (Lipinski definition) is 1. The average molecular weight is 352 g/mol. The maximum absolute atomic E-state index is 5.37. The van der Waals surface area contributed by atoms with E-state index in [0.717, 1.165) is 32.9 Å². The van der Waals surface area contributed by atoms with Crippen LogP contribution in [0.5, 0.6) is 0 Å². The van der Waals surface area contributed by atoms with Gasteiger partial charge in [-0.25, -0.2) is 4.98 Å². The van der Waals surface area contributed by atoms with Crippen molar-refractivity contribution in [1.82, 2.24) is 15.0 Å². The molecule has 0 aliphatic heterocycles. The summed E-state index contributed by atoms with van der Waals surface area (Å²) in [5.41, 5.74) is 3.97. The number of halogens is 1. The first-order chi connectivity index (χ1) is 9.18. The predicted octanol–water partition coefficient (Wildman–Crippen LogP) is 4.88. The Labute approximate surface area is 133 Å². The normalized spacial score (nSPS) is 11.7. The van der Waals surface area contributed by atoms with Gasteiger partial charge in [-0.05, 0) is 41.9 Å². The molecule has 2 rings (SSSR count). The number of nitrogens with zero attached hydrogens (tertiary/aromatic N) is 2. The smallest absolute Gasteiger partial charge is 0.144 e. The molecular weight excluding hydrogens is 334 g/mol. The number of pyridine rings is 1. The summed E-state index contributed by atoms with van der Waals surface area (Å²) in [6, 6.07) is 4.03. The maximum Gasteiger partial charge on any atom is 0.144 e. The molecule has 0 saturated heterocycles. The molecule has 3 nitrogen and oxygen atoms in total. The van der Waals surface area contributed by atoms with E-state index in [-0.39, 0.29) is 5.41 Å². The van der Waals surface area contributed by atoms with Gasteiger partial charge in [0.05, 0.1) is 4.47 Å². The molecule has 2 aromatic heterocycles. The molecule has 2 heterocycles. The molecule has 0 aliphatic carbocycles. The number of hydrogen-bond acceptors (Lipinski definition) is 3. The van der Waals surface area contributed by atoms with Gasteiger partial charge in [-0.3, -0.25) is 4.98 Å². The fourth-order valence-corrected chi connectivity index (χ4v) is 3.06. The molecular formula is C15H18BrN3S. The van der Waals surface area contributed by atoms with E-state index in [1.807, 2.05) is 26.0 Å². The molecule has 0 fully saturated rings. The second-order valence-electron chi connectivity index (χ2n) is 5.97. The summed E-state index contributed by atoms with van der Waals surface area (Å²) in [7, 11) is 0. The number of aromatic amines is 1. The first kappa shape index (κ1) is 15.3. The predicted molar refractivity (Wildman–Crippen MR) is 88.5 cm³/mol. The van der Waals surface area contributed by atoms with E-state index in [0.29, 0.717) is 4.64 Å². The van der Waals surface area contributed by atoms with E-state index >= 15 is 0 Å². The van der Waals surface area contributed by atoms with Crippen LogP contribution in [0.25, 0.3) is 11.4 Å². The molecule has 20 heavy (non-hydrogen) atoms. The molecule has 0 radical (unpaired) electrons. The number of aromatic nitrogens is 3. The first-order valence-corrected chi connectivity index (χ1v) is 7.64. The van der Waals surface area contributed by atoms with Gasteiger partial charge in [0.2, 0.25) is 0 Å². The molecule has 0 spiro atoms. The van der Waals surface area contributed by atoms with Crippen molar-refractivity contribution in [1.29, 1.82) is 0 Å². The van der Waals surface area contributed by atoms with Crippen molar-refractivity contribution in [3.63, 3.8) is 0 Å². The van der Waals surface area contributed by atoms with Crippen LogP contribution in [0.3, 0.4) is 0 Å². The molecule has 0 saturated carbocycles. The van der Waals surface area contributed by atoms with Gasteiger partial charge < -0.3 is 4.98 Å². The zero-order valence-electron chi connectivity index (χ0n) is 12.3. The van der Waals surface area contributed by atoms with Crippen molar-refractivity contribution < 1.29 is 0 Å². The van der Waals surface area contributed by atoms with Crippen LogP contribution in [0, 0.1) is 18.5 Å². The van der Waals surface area contributed by atoms with Gasteiger partial charge >= 0.3 is 0 Å².